The highest BCUT2D eigenvalue weighted by atomic mass is 15.3. The van der Waals surface area contributed by atoms with Crippen molar-refractivity contribution in [3.05, 3.63) is 30.2 Å². The van der Waals surface area contributed by atoms with Crippen molar-refractivity contribution < 1.29 is 0 Å². The highest BCUT2D eigenvalue weighted by Gasteiger charge is 2.25. The maximum absolute atomic E-state index is 4.40. The molecule has 0 aliphatic carbocycles. The van der Waals surface area contributed by atoms with Gasteiger partial charge in [0.15, 0.2) is 5.82 Å². The van der Waals surface area contributed by atoms with E-state index >= 15 is 0 Å². The second-order valence-corrected chi connectivity index (χ2v) is 5.90. The lowest BCUT2D eigenvalue weighted by Gasteiger charge is -2.38. The van der Waals surface area contributed by atoms with Crippen LogP contribution in [0, 0.1) is 6.92 Å². The van der Waals surface area contributed by atoms with Crippen LogP contribution < -0.4 is 15.1 Å². The van der Waals surface area contributed by atoms with Crippen LogP contribution in [0.15, 0.2) is 24.5 Å². The smallest absolute Gasteiger partial charge is 0.151 e. The van der Waals surface area contributed by atoms with Crippen molar-refractivity contribution >= 4 is 17.5 Å². The summed E-state index contributed by atoms with van der Waals surface area (Å²) < 4.78 is 0. The van der Waals surface area contributed by atoms with E-state index in [2.05, 4.69) is 48.4 Å². The summed E-state index contributed by atoms with van der Waals surface area (Å²) in [7, 11) is 3.96. The number of anilines is 3. The maximum Gasteiger partial charge on any atom is 0.151 e. The van der Waals surface area contributed by atoms with Crippen molar-refractivity contribution in [1.82, 2.24) is 20.2 Å². The summed E-state index contributed by atoms with van der Waals surface area (Å²) in [6, 6.07) is 6.43. The molecule has 0 saturated carbocycles. The molecule has 0 spiro atoms. The van der Waals surface area contributed by atoms with Crippen LogP contribution in [0.5, 0.6) is 0 Å². The third-order valence-electron chi connectivity index (χ3n) is 4.32. The van der Waals surface area contributed by atoms with E-state index in [-0.39, 0.29) is 0 Å². The predicted molar refractivity (Wildman–Crippen MR) is 92.0 cm³/mol. The Bertz CT molecular complexity index is 643. The minimum absolute atomic E-state index is 0.395. The highest BCUT2D eigenvalue weighted by molar-refractivity contribution is 5.49. The quantitative estimate of drug-likeness (QED) is 0.921. The fraction of sp³-hybridized carbons (Fsp3) is 0.500. The van der Waals surface area contributed by atoms with E-state index in [9.17, 15) is 0 Å². The summed E-state index contributed by atoms with van der Waals surface area (Å²) in [6.07, 6.45) is 3.88. The molecule has 0 bridgehead atoms. The first kappa shape index (κ1) is 15.5. The van der Waals surface area contributed by atoms with Gasteiger partial charge in [-0.3, -0.25) is 0 Å². The Balaban J connectivity index is 1.73. The van der Waals surface area contributed by atoms with Crippen LogP contribution in [0.2, 0.25) is 0 Å². The minimum Gasteiger partial charge on any atom is -0.373 e. The van der Waals surface area contributed by atoms with E-state index in [1.165, 1.54) is 0 Å². The fourth-order valence-corrected chi connectivity index (χ4v) is 2.90. The van der Waals surface area contributed by atoms with Crippen molar-refractivity contribution in [3.63, 3.8) is 0 Å². The monoisotopic (exact) mass is 313 g/mol. The molecule has 122 valence electrons. The topological polar surface area (TPSA) is 70.1 Å². The van der Waals surface area contributed by atoms with E-state index in [1.807, 2.05) is 26.1 Å². The molecule has 2 aromatic heterocycles. The molecule has 1 aliphatic heterocycles. The lowest BCUT2D eigenvalue weighted by atomic mass is 10.0. The predicted octanol–water partition coefficient (Wildman–Crippen LogP) is 1.72. The third kappa shape index (κ3) is 3.49. The second kappa shape index (κ2) is 6.76. The van der Waals surface area contributed by atoms with Crippen molar-refractivity contribution in [2.45, 2.75) is 25.8 Å². The highest BCUT2D eigenvalue weighted by Crippen LogP contribution is 2.23. The molecule has 7 nitrogen and oxygen atoms in total. The molecule has 7 heteroatoms. The van der Waals surface area contributed by atoms with Gasteiger partial charge >= 0.3 is 0 Å². The van der Waals surface area contributed by atoms with Gasteiger partial charge in [-0.25, -0.2) is 9.97 Å². The van der Waals surface area contributed by atoms with E-state index in [1.54, 1.807) is 6.33 Å². The summed E-state index contributed by atoms with van der Waals surface area (Å²) in [4.78, 5) is 13.1. The first-order valence-corrected chi connectivity index (χ1v) is 7.95. The van der Waals surface area contributed by atoms with E-state index < -0.39 is 0 Å². The zero-order chi connectivity index (χ0) is 16.2. The SMILES string of the molecule is CNc1cc(N(C)C2CCCN(c3ccc(C)nn3)C2)ncn1. The fourth-order valence-electron chi connectivity index (χ4n) is 2.90. The maximum atomic E-state index is 4.40. The van der Waals surface area contributed by atoms with E-state index in [0.717, 1.165) is 49.1 Å². The number of nitrogens with one attached hydrogen (secondary N) is 1. The first-order chi connectivity index (χ1) is 11.2. The van der Waals surface area contributed by atoms with E-state index in [4.69, 9.17) is 0 Å². The number of rotatable bonds is 4. The lowest BCUT2D eigenvalue weighted by molar-refractivity contribution is 0.482. The lowest BCUT2D eigenvalue weighted by Crippen LogP contribution is -2.47. The van der Waals surface area contributed by atoms with Crippen LogP contribution in [-0.2, 0) is 0 Å². The van der Waals surface area contributed by atoms with Crippen molar-refractivity contribution in [1.29, 1.82) is 0 Å². The largest absolute Gasteiger partial charge is 0.373 e. The van der Waals surface area contributed by atoms with Crippen LogP contribution in [0.3, 0.4) is 0 Å². The number of aromatic nitrogens is 4. The normalized spacial score (nSPS) is 17.9. The van der Waals surface area contributed by atoms with Crippen LogP contribution in [0.25, 0.3) is 0 Å². The van der Waals surface area contributed by atoms with Gasteiger partial charge in [0.1, 0.15) is 18.0 Å². The van der Waals surface area contributed by atoms with Gasteiger partial charge < -0.3 is 15.1 Å². The average molecular weight is 313 g/mol. The zero-order valence-corrected chi connectivity index (χ0v) is 13.9. The number of aryl methyl sites for hydroxylation is 1. The van der Waals surface area contributed by atoms with Gasteiger partial charge in [-0.05, 0) is 31.9 Å². The summed E-state index contributed by atoms with van der Waals surface area (Å²) in [5.74, 6) is 2.72. The molecule has 1 aliphatic rings. The Labute approximate surface area is 136 Å². The molecule has 1 fully saturated rings. The molecule has 0 aromatic carbocycles. The van der Waals surface area contributed by atoms with Gasteiger partial charge in [0.25, 0.3) is 0 Å². The Kier molecular flexibility index (Phi) is 4.55. The van der Waals surface area contributed by atoms with Crippen LogP contribution >= 0.6 is 0 Å². The van der Waals surface area contributed by atoms with Crippen LogP contribution in [0.1, 0.15) is 18.5 Å². The molecule has 0 amide bonds. The molecular formula is C16H23N7. The standard InChI is InChI=1S/C16H23N7/c1-12-6-7-15(21-20-12)23-8-4-5-13(10-23)22(3)16-9-14(17-2)18-11-19-16/h6-7,9,11,13H,4-5,8,10H2,1-3H3,(H,17,18,19). The van der Waals surface area contributed by atoms with Crippen LogP contribution in [0.4, 0.5) is 17.5 Å². The summed E-state index contributed by atoms with van der Waals surface area (Å²) in [5.41, 5.74) is 0.944. The summed E-state index contributed by atoms with van der Waals surface area (Å²) >= 11 is 0. The number of hydrogen-bond donors (Lipinski definition) is 1. The van der Waals surface area contributed by atoms with Gasteiger partial charge in [0.05, 0.1) is 5.69 Å². The molecule has 1 saturated heterocycles. The number of hydrogen-bond acceptors (Lipinski definition) is 7. The second-order valence-electron chi connectivity index (χ2n) is 5.90. The Morgan fingerprint density at radius 2 is 2.13 bits per heavy atom. The van der Waals surface area contributed by atoms with Crippen LogP contribution in [-0.4, -0.2) is 53.4 Å². The Morgan fingerprint density at radius 3 is 2.87 bits per heavy atom. The molecular weight excluding hydrogens is 290 g/mol. The number of nitrogens with zero attached hydrogens (tertiary/aromatic N) is 6. The van der Waals surface area contributed by atoms with Crippen molar-refractivity contribution in [2.24, 2.45) is 0 Å². The molecule has 3 heterocycles. The van der Waals surface area contributed by atoms with Gasteiger partial charge in [0.2, 0.25) is 0 Å². The van der Waals surface area contributed by atoms with Gasteiger partial charge in [-0.15, -0.1) is 5.10 Å². The molecule has 1 unspecified atom stereocenters. The average Bonchev–Trinajstić information content (AvgIpc) is 2.62. The zero-order valence-electron chi connectivity index (χ0n) is 13.9. The third-order valence-corrected chi connectivity index (χ3v) is 4.32. The van der Waals surface area contributed by atoms with Gasteiger partial charge in [0, 0.05) is 39.3 Å². The minimum atomic E-state index is 0.395. The Hall–Kier alpha value is -2.44. The molecule has 1 N–H and O–H groups in total. The molecule has 1 atom stereocenters. The number of likely N-dealkylation sites (N-methyl/N-ethyl adjacent to an activating group) is 1. The molecule has 2 aromatic rings. The molecule has 23 heavy (non-hydrogen) atoms. The number of piperidine rings is 1. The van der Waals surface area contributed by atoms with Crippen molar-refractivity contribution in [2.75, 3.05) is 42.3 Å². The summed E-state index contributed by atoms with van der Waals surface area (Å²) in [6.45, 7) is 3.90. The first-order valence-electron chi connectivity index (χ1n) is 7.95. The molecule has 0 radical (unpaired) electrons. The van der Waals surface area contributed by atoms with Crippen molar-refractivity contribution in [3.8, 4) is 0 Å². The summed E-state index contributed by atoms with van der Waals surface area (Å²) in [5, 5.41) is 11.5. The van der Waals surface area contributed by atoms with Gasteiger partial charge in [-0.2, -0.15) is 5.10 Å². The Morgan fingerprint density at radius 1 is 1.26 bits per heavy atom. The molecule has 3 rings (SSSR count). The van der Waals surface area contributed by atoms with Gasteiger partial charge in [-0.1, -0.05) is 0 Å². The van der Waals surface area contributed by atoms with E-state index in [0.29, 0.717) is 6.04 Å².